The third kappa shape index (κ3) is 2.65. The Morgan fingerprint density at radius 3 is 2.53 bits per heavy atom. The van der Waals surface area contributed by atoms with Gasteiger partial charge in [0, 0.05) is 34.2 Å². The number of alkyl halides is 3. The highest BCUT2D eigenvalue weighted by Gasteiger charge is 2.39. The molecule has 0 aliphatic heterocycles. The molecule has 0 radical (unpaired) electrons. The molecule has 1 atom stereocenters. The molecular formula is C13H14BrF3N2. The molecule has 0 amide bonds. The van der Waals surface area contributed by atoms with Gasteiger partial charge < -0.3 is 10.3 Å². The van der Waals surface area contributed by atoms with Crippen molar-refractivity contribution in [1.29, 1.82) is 0 Å². The van der Waals surface area contributed by atoms with E-state index in [1.807, 2.05) is 24.3 Å². The zero-order valence-electron chi connectivity index (χ0n) is 10.3. The van der Waals surface area contributed by atoms with Crippen LogP contribution in [0.3, 0.4) is 0 Å². The van der Waals surface area contributed by atoms with Crippen LogP contribution in [0.25, 0.3) is 10.9 Å². The van der Waals surface area contributed by atoms with Gasteiger partial charge in [0.15, 0.2) is 0 Å². The summed E-state index contributed by atoms with van der Waals surface area (Å²) in [4.78, 5) is 0. The number of para-hydroxylation sites is 1. The minimum absolute atomic E-state index is 0.155. The molecule has 2 rings (SSSR count). The molecule has 19 heavy (non-hydrogen) atoms. The first-order valence-electron chi connectivity index (χ1n) is 5.86. The van der Waals surface area contributed by atoms with Crippen molar-refractivity contribution in [3.63, 3.8) is 0 Å². The molecule has 0 fully saturated rings. The van der Waals surface area contributed by atoms with Crippen LogP contribution in [-0.2, 0) is 6.54 Å². The molecule has 1 heterocycles. The Morgan fingerprint density at radius 2 is 1.95 bits per heavy atom. The topological polar surface area (TPSA) is 30.9 Å². The van der Waals surface area contributed by atoms with Gasteiger partial charge in [-0.3, -0.25) is 0 Å². The number of nitrogens with two attached hydrogens (primary N) is 1. The molecule has 1 aromatic heterocycles. The Morgan fingerprint density at radius 1 is 1.32 bits per heavy atom. The lowest BCUT2D eigenvalue weighted by Crippen LogP contribution is -2.34. The van der Waals surface area contributed by atoms with Crippen molar-refractivity contribution in [2.45, 2.75) is 19.6 Å². The van der Waals surface area contributed by atoms with Gasteiger partial charge >= 0.3 is 6.18 Å². The second-order valence-electron chi connectivity index (χ2n) is 4.50. The lowest BCUT2D eigenvalue weighted by molar-refractivity contribution is -0.174. The normalized spacial score (nSPS) is 14.0. The molecule has 2 aromatic rings. The standard InChI is InChI=1S/C13H14BrF3N2/c1-8-12(14)10-4-2-3-5-11(10)19(8)7-9(6-18)13(15,16)17/h2-5,9H,6-7,18H2,1H3. The van der Waals surface area contributed by atoms with Crippen molar-refractivity contribution >= 4 is 26.8 Å². The molecular weight excluding hydrogens is 321 g/mol. The number of nitrogens with zero attached hydrogens (tertiary/aromatic N) is 1. The van der Waals surface area contributed by atoms with Crippen LogP contribution in [0.1, 0.15) is 5.69 Å². The van der Waals surface area contributed by atoms with E-state index in [1.54, 1.807) is 11.5 Å². The van der Waals surface area contributed by atoms with Crippen LogP contribution in [0, 0.1) is 12.8 Å². The van der Waals surface area contributed by atoms with E-state index in [0.29, 0.717) is 0 Å². The number of halogens is 4. The van der Waals surface area contributed by atoms with E-state index in [0.717, 1.165) is 21.1 Å². The van der Waals surface area contributed by atoms with Crippen LogP contribution in [0.2, 0.25) is 0 Å². The summed E-state index contributed by atoms with van der Waals surface area (Å²) in [6, 6.07) is 7.38. The number of benzene rings is 1. The smallest absolute Gasteiger partial charge is 0.343 e. The molecule has 1 aromatic carbocycles. The van der Waals surface area contributed by atoms with Crippen molar-refractivity contribution < 1.29 is 13.2 Å². The van der Waals surface area contributed by atoms with E-state index in [9.17, 15) is 13.2 Å². The van der Waals surface area contributed by atoms with Crippen molar-refractivity contribution in [2.24, 2.45) is 11.7 Å². The highest BCUT2D eigenvalue weighted by Crippen LogP contribution is 2.33. The maximum atomic E-state index is 12.8. The number of rotatable bonds is 3. The van der Waals surface area contributed by atoms with Gasteiger partial charge in [-0.2, -0.15) is 13.2 Å². The number of aromatic nitrogens is 1. The van der Waals surface area contributed by atoms with Crippen LogP contribution in [-0.4, -0.2) is 17.3 Å². The molecule has 0 bridgehead atoms. The average molecular weight is 335 g/mol. The summed E-state index contributed by atoms with van der Waals surface area (Å²) in [5, 5.41) is 0.915. The lowest BCUT2D eigenvalue weighted by atomic mass is 10.1. The lowest BCUT2D eigenvalue weighted by Gasteiger charge is -2.20. The largest absolute Gasteiger partial charge is 0.394 e. The Labute approximate surface area is 117 Å². The summed E-state index contributed by atoms with van der Waals surface area (Å²) in [7, 11) is 0. The van der Waals surface area contributed by atoms with Crippen molar-refractivity contribution in [3.05, 3.63) is 34.4 Å². The number of fused-ring (bicyclic) bond motifs is 1. The van der Waals surface area contributed by atoms with E-state index in [-0.39, 0.29) is 6.54 Å². The van der Waals surface area contributed by atoms with Gasteiger partial charge in [0.1, 0.15) is 0 Å². The fraction of sp³-hybridized carbons (Fsp3) is 0.385. The summed E-state index contributed by atoms with van der Waals surface area (Å²) in [6.07, 6.45) is -4.28. The van der Waals surface area contributed by atoms with Gasteiger partial charge in [0.05, 0.1) is 5.92 Å². The molecule has 6 heteroatoms. The van der Waals surface area contributed by atoms with Gasteiger partial charge in [-0.25, -0.2) is 0 Å². The van der Waals surface area contributed by atoms with Gasteiger partial charge in [-0.1, -0.05) is 18.2 Å². The Hall–Kier alpha value is -1.01. The Bertz CT molecular complexity index is 589. The Kier molecular flexibility index (Phi) is 3.92. The molecule has 1 unspecified atom stereocenters. The zero-order valence-corrected chi connectivity index (χ0v) is 11.9. The number of hydrogen-bond donors (Lipinski definition) is 1. The maximum absolute atomic E-state index is 12.8. The van der Waals surface area contributed by atoms with Crippen LogP contribution in [0.4, 0.5) is 13.2 Å². The average Bonchev–Trinajstić information content (AvgIpc) is 2.59. The molecule has 2 N–H and O–H groups in total. The summed E-state index contributed by atoms with van der Waals surface area (Å²) >= 11 is 3.43. The second-order valence-corrected chi connectivity index (χ2v) is 5.29. The van der Waals surface area contributed by atoms with Crippen LogP contribution >= 0.6 is 15.9 Å². The fourth-order valence-electron chi connectivity index (χ4n) is 2.16. The SMILES string of the molecule is Cc1c(Br)c2ccccc2n1CC(CN)C(F)(F)F. The molecule has 0 spiro atoms. The van der Waals surface area contributed by atoms with Gasteiger partial charge in [-0.05, 0) is 28.9 Å². The minimum Gasteiger partial charge on any atom is -0.343 e. The molecule has 0 saturated heterocycles. The predicted molar refractivity (Wildman–Crippen MR) is 73.0 cm³/mol. The summed E-state index contributed by atoms with van der Waals surface area (Å²) in [6.45, 7) is 1.24. The minimum atomic E-state index is -4.28. The molecule has 0 aliphatic carbocycles. The van der Waals surface area contributed by atoms with Gasteiger partial charge in [0.25, 0.3) is 0 Å². The summed E-state index contributed by atoms with van der Waals surface area (Å²) in [5.41, 5.74) is 6.83. The predicted octanol–water partition coefficient (Wildman–Crippen LogP) is 3.85. The molecule has 0 saturated carbocycles. The summed E-state index contributed by atoms with van der Waals surface area (Å²) < 4.78 is 41.0. The number of hydrogen-bond acceptors (Lipinski definition) is 1. The molecule has 2 nitrogen and oxygen atoms in total. The van der Waals surface area contributed by atoms with Crippen molar-refractivity contribution in [2.75, 3.05) is 6.54 Å². The zero-order chi connectivity index (χ0) is 14.2. The highest BCUT2D eigenvalue weighted by atomic mass is 79.9. The third-order valence-electron chi connectivity index (χ3n) is 3.30. The van der Waals surface area contributed by atoms with Gasteiger partial charge in [0.2, 0.25) is 0 Å². The monoisotopic (exact) mass is 334 g/mol. The first-order valence-corrected chi connectivity index (χ1v) is 6.65. The highest BCUT2D eigenvalue weighted by molar-refractivity contribution is 9.10. The fourth-order valence-corrected chi connectivity index (χ4v) is 2.71. The molecule has 104 valence electrons. The maximum Gasteiger partial charge on any atom is 0.394 e. The quantitative estimate of drug-likeness (QED) is 0.908. The third-order valence-corrected chi connectivity index (χ3v) is 4.31. The van der Waals surface area contributed by atoms with Crippen LogP contribution in [0.15, 0.2) is 28.7 Å². The van der Waals surface area contributed by atoms with Crippen LogP contribution < -0.4 is 5.73 Å². The van der Waals surface area contributed by atoms with Crippen molar-refractivity contribution in [1.82, 2.24) is 4.57 Å². The van der Waals surface area contributed by atoms with Crippen LogP contribution in [0.5, 0.6) is 0 Å². The van der Waals surface area contributed by atoms with E-state index in [4.69, 9.17) is 5.73 Å². The van der Waals surface area contributed by atoms with E-state index in [2.05, 4.69) is 15.9 Å². The van der Waals surface area contributed by atoms with E-state index in [1.165, 1.54) is 0 Å². The first-order chi connectivity index (χ1) is 8.86. The second kappa shape index (κ2) is 5.17. The first kappa shape index (κ1) is 14.4. The van der Waals surface area contributed by atoms with Crippen molar-refractivity contribution in [3.8, 4) is 0 Å². The summed E-state index contributed by atoms with van der Waals surface area (Å²) in [5.74, 6) is -1.53. The Balaban J connectivity index is 2.48. The van der Waals surface area contributed by atoms with E-state index < -0.39 is 18.6 Å². The molecule has 0 aliphatic rings. The van der Waals surface area contributed by atoms with Gasteiger partial charge in [-0.15, -0.1) is 0 Å². The van der Waals surface area contributed by atoms with E-state index >= 15 is 0 Å².